The van der Waals surface area contributed by atoms with Crippen LogP contribution in [0.5, 0.6) is 0 Å². The van der Waals surface area contributed by atoms with Crippen LogP contribution in [0.2, 0.25) is 0 Å². The van der Waals surface area contributed by atoms with E-state index < -0.39 is 17.8 Å². The smallest absolute Gasteiger partial charge is 0.325 e. The number of imide groups is 1. The number of aromatic nitrogens is 1. The summed E-state index contributed by atoms with van der Waals surface area (Å²) in [5.41, 5.74) is 2.47. The summed E-state index contributed by atoms with van der Waals surface area (Å²) in [5.74, 6) is -1.73. The van der Waals surface area contributed by atoms with E-state index in [1.165, 1.54) is 0 Å². The van der Waals surface area contributed by atoms with Gasteiger partial charge < -0.3 is 4.84 Å². The predicted octanol–water partition coefficient (Wildman–Crippen LogP) is 2.92. The molecule has 2 amide bonds. The number of hydrogen-bond acceptors (Lipinski definition) is 5. The fourth-order valence-corrected chi connectivity index (χ4v) is 3.02. The zero-order chi connectivity index (χ0) is 17.6. The van der Waals surface area contributed by atoms with Gasteiger partial charge in [0.2, 0.25) is 0 Å². The number of fused-ring (bicyclic) bond motifs is 2. The molecule has 1 aliphatic rings. The first-order valence-electron chi connectivity index (χ1n) is 7.92. The van der Waals surface area contributed by atoms with Gasteiger partial charge in [-0.25, -0.2) is 9.78 Å². The van der Waals surface area contributed by atoms with Crippen molar-refractivity contribution in [1.29, 1.82) is 0 Å². The molecule has 0 atom stereocenters. The van der Waals surface area contributed by atoms with Gasteiger partial charge in [-0.3, -0.25) is 9.59 Å². The molecule has 0 saturated carbocycles. The van der Waals surface area contributed by atoms with Crippen molar-refractivity contribution in [2.45, 2.75) is 19.8 Å². The Morgan fingerprint density at radius 3 is 2.52 bits per heavy atom. The Labute approximate surface area is 143 Å². The van der Waals surface area contributed by atoms with E-state index in [1.807, 2.05) is 36.4 Å². The van der Waals surface area contributed by atoms with Crippen molar-refractivity contribution >= 4 is 39.6 Å². The van der Waals surface area contributed by atoms with E-state index in [1.54, 1.807) is 13.0 Å². The molecule has 124 valence electrons. The number of nitrogens with zero attached hydrogens (tertiary/aromatic N) is 2. The number of hydroxylamine groups is 2. The fraction of sp³-hybridized carbons (Fsp3) is 0.158. The first-order chi connectivity index (χ1) is 12.0. The van der Waals surface area contributed by atoms with Gasteiger partial charge in [0.25, 0.3) is 11.8 Å². The summed E-state index contributed by atoms with van der Waals surface area (Å²) >= 11 is 0. The molecule has 2 heterocycles. The monoisotopic (exact) mass is 334 g/mol. The van der Waals surface area contributed by atoms with E-state index in [4.69, 9.17) is 4.84 Å². The van der Waals surface area contributed by atoms with Crippen molar-refractivity contribution in [2.75, 3.05) is 0 Å². The van der Waals surface area contributed by atoms with Crippen LogP contribution in [0.1, 0.15) is 28.8 Å². The molecule has 3 aromatic rings. The Morgan fingerprint density at radius 2 is 1.76 bits per heavy atom. The Kier molecular flexibility index (Phi) is 3.46. The second-order valence-corrected chi connectivity index (χ2v) is 5.97. The molecule has 6 heteroatoms. The zero-order valence-electron chi connectivity index (χ0n) is 13.5. The highest BCUT2D eigenvalue weighted by atomic mass is 16.7. The molecule has 1 aromatic heterocycles. The Balaban J connectivity index is 1.83. The van der Waals surface area contributed by atoms with Crippen LogP contribution in [0.4, 0.5) is 0 Å². The van der Waals surface area contributed by atoms with Crippen molar-refractivity contribution in [3.63, 3.8) is 0 Å². The summed E-state index contributed by atoms with van der Waals surface area (Å²) in [5, 5.41) is 2.08. The summed E-state index contributed by atoms with van der Waals surface area (Å²) in [6.07, 6.45) is 0.125. The molecule has 6 nitrogen and oxygen atoms in total. The van der Waals surface area contributed by atoms with Crippen molar-refractivity contribution in [1.82, 2.24) is 10.0 Å². The lowest BCUT2D eigenvalue weighted by Gasteiger charge is -2.15. The molecule has 0 bridgehead atoms. The summed E-state index contributed by atoms with van der Waals surface area (Å²) in [4.78, 5) is 45.7. The minimum atomic E-state index is -0.733. The number of rotatable bonds is 2. The van der Waals surface area contributed by atoms with Crippen LogP contribution in [0.3, 0.4) is 0 Å². The first kappa shape index (κ1) is 15.3. The van der Waals surface area contributed by atoms with Gasteiger partial charge >= 0.3 is 5.97 Å². The van der Waals surface area contributed by atoms with Crippen molar-refractivity contribution in [3.05, 3.63) is 53.6 Å². The number of para-hydroxylation sites is 1. The van der Waals surface area contributed by atoms with Gasteiger partial charge in [-0.05, 0) is 30.7 Å². The molecular weight excluding hydrogens is 320 g/mol. The molecule has 25 heavy (non-hydrogen) atoms. The van der Waals surface area contributed by atoms with Gasteiger partial charge in [0.15, 0.2) is 0 Å². The van der Waals surface area contributed by atoms with Gasteiger partial charge in [-0.15, -0.1) is 5.06 Å². The molecule has 1 saturated heterocycles. The molecule has 1 fully saturated rings. The number of pyridine rings is 1. The topological polar surface area (TPSA) is 76.6 Å². The molecule has 0 radical (unpaired) electrons. The van der Waals surface area contributed by atoms with Crippen molar-refractivity contribution < 1.29 is 19.2 Å². The third kappa shape index (κ3) is 2.52. The molecule has 0 N–H and O–H groups in total. The second kappa shape index (κ2) is 5.66. The van der Waals surface area contributed by atoms with E-state index in [9.17, 15) is 14.4 Å². The summed E-state index contributed by atoms with van der Waals surface area (Å²) in [6, 6.07) is 13.1. The minimum Gasteiger partial charge on any atom is -0.325 e. The third-order valence-corrected chi connectivity index (χ3v) is 4.29. The van der Waals surface area contributed by atoms with Gasteiger partial charge in [0, 0.05) is 23.6 Å². The maximum absolute atomic E-state index is 12.7. The van der Waals surface area contributed by atoms with Crippen LogP contribution in [-0.2, 0) is 14.4 Å². The lowest BCUT2D eigenvalue weighted by Crippen LogP contribution is -2.32. The third-order valence-electron chi connectivity index (χ3n) is 4.29. The normalized spacial score (nSPS) is 14.5. The summed E-state index contributed by atoms with van der Waals surface area (Å²) in [7, 11) is 0. The van der Waals surface area contributed by atoms with Crippen molar-refractivity contribution in [2.24, 2.45) is 0 Å². The van der Waals surface area contributed by atoms with E-state index >= 15 is 0 Å². The average Bonchev–Trinajstić information content (AvgIpc) is 2.92. The van der Waals surface area contributed by atoms with Gasteiger partial charge in [-0.1, -0.05) is 24.3 Å². The zero-order valence-corrected chi connectivity index (χ0v) is 13.5. The molecule has 4 rings (SSSR count). The maximum Gasteiger partial charge on any atom is 0.364 e. The van der Waals surface area contributed by atoms with Gasteiger partial charge in [-0.2, -0.15) is 0 Å². The fourth-order valence-electron chi connectivity index (χ4n) is 3.02. The molecule has 2 aromatic carbocycles. The van der Waals surface area contributed by atoms with E-state index in [-0.39, 0.29) is 12.8 Å². The van der Waals surface area contributed by atoms with Gasteiger partial charge in [0.1, 0.15) is 0 Å². The quantitative estimate of drug-likeness (QED) is 0.532. The Hall–Kier alpha value is -3.28. The van der Waals surface area contributed by atoms with E-state index in [2.05, 4.69) is 4.98 Å². The lowest BCUT2D eigenvalue weighted by atomic mass is 10.0. The maximum atomic E-state index is 12.7. The Bertz CT molecular complexity index is 1040. The molecule has 0 spiro atoms. The Morgan fingerprint density at radius 1 is 1.04 bits per heavy atom. The van der Waals surface area contributed by atoms with Crippen LogP contribution in [0.25, 0.3) is 21.8 Å². The van der Waals surface area contributed by atoms with E-state index in [0.717, 1.165) is 10.9 Å². The largest absolute Gasteiger partial charge is 0.364 e. The van der Waals surface area contributed by atoms with Crippen molar-refractivity contribution in [3.8, 4) is 0 Å². The number of carbonyl (C=O) groups excluding carboxylic acids is 3. The highest BCUT2D eigenvalue weighted by Crippen LogP contribution is 2.26. The van der Waals surface area contributed by atoms with Crippen LogP contribution in [0.15, 0.2) is 42.5 Å². The molecule has 0 aliphatic carbocycles. The predicted molar refractivity (Wildman–Crippen MR) is 90.5 cm³/mol. The first-order valence-corrected chi connectivity index (χ1v) is 7.92. The summed E-state index contributed by atoms with van der Waals surface area (Å²) < 4.78 is 0. The molecule has 1 aliphatic heterocycles. The molecular formula is C19H14N2O4. The van der Waals surface area contributed by atoms with Gasteiger partial charge in [0.05, 0.1) is 16.6 Å². The highest BCUT2D eigenvalue weighted by molar-refractivity contribution is 6.09. The number of amides is 2. The van der Waals surface area contributed by atoms with Crippen LogP contribution >= 0.6 is 0 Å². The van der Waals surface area contributed by atoms with E-state index in [0.29, 0.717) is 27.1 Å². The number of aryl methyl sites for hydroxylation is 1. The number of hydrogen-bond donors (Lipinski definition) is 0. The second-order valence-electron chi connectivity index (χ2n) is 5.97. The van der Waals surface area contributed by atoms with Crippen LogP contribution in [0, 0.1) is 6.92 Å². The van der Waals surface area contributed by atoms with Crippen LogP contribution < -0.4 is 0 Å². The molecule has 0 unspecified atom stereocenters. The standard InChI is InChI=1S/C19H14N2O4/c1-11-6-7-15-13(10-12-4-2-3-5-14(12)20-15)18(11)19(24)25-21-16(22)8-9-17(21)23/h2-7,10H,8-9H2,1H3. The lowest BCUT2D eigenvalue weighted by molar-refractivity contribution is -0.172. The average molecular weight is 334 g/mol. The van der Waals surface area contributed by atoms with Crippen LogP contribution in [-0.4, -0.2) is 27.8 Å². The number of carbonyl (C=O) groups is 3. The highest BCUT2D eigenvalue weighted by Gasteiger charge is 2.33. The minimum absolute atomic E-state index is 0.0623. The summed E-state index contributed by atoms with van der Waals surface area (Å²) in [6.45, 7) is 1.78. The number of benzene rings is 2. The SMILES string of the molecule is Cc1ccc2nc3ccccc3cc2c1C(=O)ON1C(=O)CCC1=O.